The van der Waals surface area contributed by atoms with Crippen molar-refractivity contribution in [2.45, 2.75) is 31.8 Å². The van der Waals surface area contributed by atoms with E-state index in [9.17, 15) is 9.59 Å². The first-order valence-corrected chi connectivity index (χ1v) is 7.95. The number of hydrogen-bond donors (Lipinski definition) is 3. The molecule has 1 aliphatic heterocycles. The zero-order valence-electron chi connectivity index (χ0n) is 13.7. The van der Waals surface area contributed by atoms with Gasteiger partial charge in [-0.05, 0) is 45.3 Å². The molecule has 0 spiro atoms. The van der Waals surface area contributed by atoms with Crippen LogP contribution in [0.1, 0.15) is 35.4 Å². The molecule has 7 nitrogen and oxygen atoms in total. The van der Waals surface area contributed by atoms with Crippen molar-refractivity contribution in [3.63, 3.8) is 0 Å². The van der Waals surface area contributed by atoms with E-state index in [1.54, 1.807) is 13.2 Å². The number of rotatable bonds is 7. The number of piperidine rings is 1. The zero-order chi connectivity index (χ0) is 16.7. The van der Waals surface area contributed by atoms with Gasteiger partial charge in [0.15, 0.2) is 5.76 Å². The molecule has 3 N–H and O–H groups in total. The van der Waals surface area contributed by atoms with Crippen LogP contribution in [0.5, 0.6) is 0 Å². The Morgan fingerprint density at radius 1 is 1.30 bits per heavy atom. The summed E-state index contributed by atoms with van der Waals surface area (Å²) >= 11 is 0. The molecule has 2 heterocycles. The van der Waals surface area contributed by atoms with Crippen LogP contribution in [-0.2, 0) is 9.53 Å². The van der Waals surface area contributed by atoms with Gasteiger partial charge in [0, 0.05) is 25.8 Å². The van der Waals surface area contributed by atoms with Crippen LogP contribution in [0, 0.1) is 6.92 Å². The van der Waals surface area contributed by atoms with Crippen LogP contribution in [0.4, 0.5) is 0 Å². The molecule has 1 aliphatic rings. The summed E-state index contributed by atoms with van der Waals surface area (Å²) in [6.45, 7) is 4.34. The first-order valence-electron chi connectivity index (χ1n) is 7.95. The molecule has 128 valence electrons. The molecule has 1 saturated heterocycles. The fraction of sp³-hybridized carbons (Fsp3) is 0.625. The number of aryl methyl sites for hydroxylation is 1. The van der Waals surface area contributed by atoms with E-state index in [-0.39, 0.29) is 11.8 Å². The fourth-order valence-electron chi connectivity index (χ4n) is 2.69. The summed E-state index contributed by atoms with van der Waals surface area (Å²) in [5.41, 5.74) is 0.0866. The molecule has 2 rings (SSSR count). The number of carbonyl (C=O) groups excluding carboxylic acids is 2. The Morgan fingerprint density at radius 2 is 2.00 bits per heavy atom. The van der Waals surface area contributed by atoms with Gasteiger partial charge < -0.3 is 25.1 Å². The summed E-state index contributed by atoms with van der Waals surface area (Å²) in [6, 6.07) is 1.75. The van der Waals surface area contributed by atoms with Crippen LogP contribution in [0.15, 0.2) is 16.7 Å². The van der Waals surface area contributed by atoms with Gasteiger partial charge in [0.1, 0.15) is 5.60 Å². The molecule has 0 aliphatic carbocycles. The predicted octanol–water partition coefficient (Wildman–Crippen LogP) is 0.593. The Labute approximate surface area is 136 Å². The molecule has 0 unspecified atom stereocenters. The Balaban J connectivity index is 1.68. The molecule has 23 heavy (non-hydrogen) atoms. The summed E-state index contributed by atoms with van der Waals surface area (Å²) in [6.07, 6.45) is 3.48. The van der Waals surface area contributed by atoms with Gasteiger partial charge >= 0.3 is 0 Å². The molecular formula is C16H25N3O4. The second-order valence-electron chi connectivity index (χ2n) is 5.75. The number of nitrogens with one attached hydrogen (secondary N) is 3. The maximum Gasteiger partial charge on any atom is 0.287 e. The number of ether oxygens (including phenoxy) is 1. The lowest BCUT2D eigenvalue weighted by Crippen LogP contribution is -2.54. The van der Waals surface area contributed by atoms with E-state index in [1.165, 1.54) is 6.26 Å². The number of amides is 2. The van der Waals surface area contributed by atoms with Crippen molar-refractivity contribution < 1.29 is 18.7 Å². The zero-order valence-corrected chi connectivity index (χ0v) is 13.7. The van der Waals surface area contributed by atoms with Gasteiger partial charge in [0.25, 0.3) is 11.8 Å². The van der Waals surface area contributed by atoms with Crippen molar-refractivity contribution >= 4 is 11.8 Å². The summed E-state index contributed by atoms with van der Waals surface area (Å²) in [7, 11) is 1.58. The van der Waals surface area contributed by atoms with Gasteiger partial charge in [-0.15, -0.1) is 0 Å². The smallest absolute Gasteiger partial charge is 0.287 e. The molecule has 0 radical (unpaired) electrons. The summed E-state index contributed by atoms with van der Waals surface area (Å²) < 4.78 is 10.6. The lowest BCUT2D eigenvalue weighted by Gasteiger charge is -2.34. The van der Waals surface area contributed by atoms with Crippen molar-refractivity contribution in [1.29, 1.82) is 0 Å². The number of hydrogen-bond acceptors (Lipinski definition) is 5. The third-order valence-corrected chi connectivity index (χ3v) is 4.21. The number of carbonyl (C=O) groups is 2. The van der Waals surface area contributed by atoms with Crippen molar-refractivity contribution in [3.8, 4) is 0 Å². The average Bonchev–Trinajstić information content (AvgIpc) is 3.01. The first kappa shape index (κ1) is 17.5. The summed E-state index contributed by atoms with van der Waals surface area (Å²) in [5.74, 6) is 0.0299. The molecule has 0 saturated carbocycles. The summed E-state index contributed by atoms with van der Waals surface area (Å²) in [5, 5.41) is 8.89. The highest BCUT2D eigenvalue weighted by molar-refractivity contribution is 5.92. The molecule has 7 heteroatoms. The van der Waals surface area contributed by atoms with Gasteiger partial charge in [0.05, 0.1) is 6.26 Å². The van der Waals surface area contributed by atoms with E-state index in [1.807, 2.05) is 6.92 Å². The van der Waals surface area contributed by atoms with E-state index in [4.69, 9.17) is 9.15 Å². The highest BCUT2D eigenvalue weighted by Crippen LogP contribution is 2.22. The molecule has 0 bridgehead atoms. The maximum atomic E-state index is 12.3. The Morgan fingerprint density at radius 3 is 2.61 bits per heavy atom. The normalized spacial score (nSPS) is 16.8. The van der Waals surface area contributed by atoms with E-state index in [0.29, 0.717) is 38.1 Å². The molecule has 1 aromatic rings. The Bertz CT molecular complexity index is 535. The van der Waals surface area contributed by atoms with Gasteiger partial charge in [-0.1, -0.05) is 0 Å². The second kappa shape index (κ2) is 8.12. The topological polar surface area (TPSA) is 92.6 Å². The number of methoxy groups -OCH3 is 1. The van der Waals surface area contributed by atoms with Gasteiger partial charge in [-0.2, -0.15) is 0 Å². The molecule has 0 atom stereocenters. The molecule has 0 aromatic carbocycles. The summed E-state index contributed by atoms with van der Waals surface area (Å²) in [4.78, 5) is 24.2. The van der Waals surface area contributed by atoms with Crippen LogP contribution in [0.25, 0.3) is 0 Å². The number of furan rings is 1. The first-order chi connectivity index (χ1) is 11.1. The molecule has 1 fully saturated rings. The van der Waals surface area contributed by atoms with Gasteiger partial charge in [-0.3, -0.25) is 9.59 Å². The van der Waals surface area contributed by atoms with Crippen LogP contribution < -0.4 is 16.0 Å². The van der Waals surface area contributed by atoms with Crippen LogP contribution in [0.3, 0.4) is 0 Å². The van der Waals surface area contributed by atoms with E-state index >= 15 is 0 Å². The predicted molar refractivity (Wildman–Crippen MR) is 85.2 cm³/mol. The molecule has 1 aromatic heterocycles. The Hall–Kier alpha value is -1.86. The van der Waals surface area contributed by atoms with Crippen molar-refractivity contribution in [2.24, 2.45) is 0 Å². The monoisotopic (exact) mass is 323 g/mol. The lowest BCUT2D eigenvalue weighted by atomic mass is 9.91. The SMILES string of the molecule is COC1(C(=O)NCCCNC(=O)c2occc2C)CCNCC1. The maximum absolute atomic E-state index is 12.3. The third kappa shape index (κ3) is 4.33. The van der Waals surface area contributed by atoms with E-state index in [2.05, 4.69) is 16.0 Å². The molecular weight excluding hydrogens is 298 g/mol. The quantitative estimate of drug-likeness (QED) is 0.639. The van der Waals surface area contributed by atoms with Crippen molar-refractivity contribution in [3.05, 3.63) is 23.7 Å². The van der Waals surface area contributed by atoms with Crippen LogP contribution >= 0.6 is 0 Å². The minimum atomic E-state index is -0.722. The average molecular weight is 323 g/mol. The van der Waals surface area contributed by atoms with E-state index in [0.717, 1.165) is 18.7 Å². The minimum Gasteiger partial charge on any atom is -0.459 e. The van der Waals surface area contributed by atoms with Crippen LogP contribution in [-0.4, -0.2) is 50.7 Å². The van der Waals surface area contributed by atoms with Gasteiger partial charge in [0.2, 0.25) is 0 Å². The van der Waals surface area contributed by atoms with Gasteiger partial charge in [-0.25, -0.2) is 0 Å². The minimum absolute atomic E-state index is 0.0743. The van der Waals surface area contributed by atoms with Crippen LogP contribution in [0.2, 0.25) is 0 Å². The molecule has 2 amide bonds. The lowest BCUT2D eigenvalue weighted by molar-refractivity contribution is -0.146. The Kier molecular flexibility index (Phi) is 6.18. The largest absolute Gasteiger partial charge is 0.459 e. The van der Waals surface area contributed by atoms with Crippen molar-refractivity contribution in [1.82, 2.24) is 16.0 Å². The third-order valence-electron chi connectivity index (χ3n) is 4.21. The highest BCUT2D eigenvalue weighted by Gasteiger charge is 2.39. The fourth-order valence-corrected chi connectivity index (χ4v) is 2.69. The van der Waals surface area contributed by atoms with Crippen molar-refractivity contribution in [2.75, 3.05) is 33.3 Å². The standard InChI is InChI=1S/C16H25N3O4/c1-12-4-11-23-13(12)14(20)18-7-3-8-19-15(21)16(22-2)5-9-17-10-6-16/h4,11,17H,3,5-10H2,1-2H3,(H,18,20)(H,19,21). The second-order valence-corrected chi connectivity index (χ2v) is 5.75. The van der Waals surface area contributed by atoms with E-state index < -0.39 is 5.60 Å². The highest BCUT2D eigenvalue weighted by atomic mass is 16.5.